The first-order chi connectivity index (χ1) is 9.97. The number of hydrogen-bond donors (Lipinski definition) is 0. The van der Waals surface area contributed by atoms with Gasteiger partial charge in [-0.3, -0.25) is 0 Å². The van der Waals surface area contributed by atoms with Crippen molar-refractivity contribution >= 4 is 34.1 Å². The molecule has 0 aliphatic carbocycles. The molecule has 0 atom stereocenters. The molecule has 4 heteroatoms. The second-order valence-electron chi connectivity index (χ2n) is 5.24. The summed E-state index contributed by atoms with van der Waals surface area (Å²) in [5, 5.41) is 1.42. The minimum Gasteiger partial charge on any atom is -0.218 e. The van der Waals surface area contributed by atoms with Crippen LogP contribution in [0, 0.1) is 20.8 Å². The minimum absolute atomic E-state index is 0.172. The van der Waals surface area contributed by atoms with Gasteiger partial charge in [0.2, 0.25) is 5.28 Å². The van der Waals surface area contributed by atoms with Crippen LogP contribution in [-0.4, -0.2) is 9.97 Å². The number of benzene rings is 2. The van der Waals surface area contributed by atoms with Crippen LogP contribution in [0.3, 0.4) is 0 Å². The fourth-order valence-corrected chi connectivity index (χ4v) is 3.11. The summed E-state index contributed by atoms with van der Waals surface area (Å²) in [5.74, 6) is 0. The highest BCUT2D eigenvalue weighted by atomic mass is 35.5. The molecular formula is C17H14Cl2N2. The van der Waals surface area contributed by atoms with Crippen LogP contribution in [0.15, 0.2) is 30.3 Å². The van der Waals surface area contributed by atoms with Gasteiger partial charge in [0.25, 0.3) is 0 Å². The monoisotopic (exact) mass is 316 g/mol. The molecule has 0 amide bonds. The number of aryl methyl sites for hydroxylation is 2. The molecule has 2 nitrogen and oxygen atoms in total. The van der Waals surface area contributed by atoms with E-state index in [9.17, 15) is 0 Å². The van der Waals surface area contributed by atoms with Crippen molar-refractivity contribution < 1.29 is 0 Å². The summed E-state index contributed by atoms with van der Waals surface area (Å²) in [5.41, 5.74) is 6.52. The van der Waals surface area contributed by atoms with E-state index in [-0.39, 0.29) is 5.28 Å². The van der Waals surface area contributed by atoms with Gasteiger partial charge < -0.3 is 0 Å². The van der Waals surface area contributed by atoms with Crippen molar-refractivity contribution in [1.29, 1.82) is 0 Å². The predicted octanol–water partition coefficient (Wildman–Crippen LogP) is 5.53. The smallest absolute Gasteiger partial charge is 0.218 e. The van der Waals surface area contributed by atoms with Crippen LogP contribution in [0.5, 0.6) is 0 Å². The predicted molar refractivity (Wildman–Crippen MR) is 89.2 cm³/mol. The maximum Gasteiger partial charge on any atom is 0.224 e. The van der Waals surface area contributed by atoms with Gasteiger partial charge in [0.05, 0.1) is 5.52 Å². The average Bonchev–Trinajstić information content (AvgIpc) is 2.40. The molecule has 3 aromatic rings. The minimum atomic E-state index is 0.172. The molecule has 0 N–H and O–H groups in total. The van der Waals surface area contributed by atoms with Crippen molar-refractivity contribution in [2.45, 2.75) is 20.8 Å². The van der Waals surface area contributed by atoms with Crippen LogP contribution in [0.25, 0.3) is 22.0 Å². The third-order valence-electron chi connectivity index (χ3n) is 3.74. The summed E-state index contributed by atoms with van der Waals surface area (Å²) in [6.45, 7) is 6.24. The zero-order chi connectivity index (χ0) is 15.1. The number of fused-ring (bicyclic) bond motifs is 1. The van der Waals surface area contributed by atoms with Crippen molar-refractivity contribution in [3.8, 4) is 11.1 Å². The summed E-state index contributed by atoms with van der Waals surface area (Å²) >= 11 is 12.3. The number of rotatable bonds is 1. The molecule has 0 unspecified atom stereocenters. The van der Waals surface area contributed by atoms with Crippen molar-refractivity contribution in [1.82, 2.24) is 9.97 Å². The number of halogens is 2. The SMILES string of the molecule is Cc1cccc(-c2c(C)c(C)cc3nc(Cl)nc(Cl)c23)c1. The second kappa shape index (κ2) is 5.28. The van der Waals surface area contributed by atoms with E-state index < -0.39 is 0 Å². The van der Waals surface area contributed by atoms with Gasteiger partial charge in [0, 0.05) is 5.39 Å². The third-order valence-corrected chi connectivity index (χ3v) is 4.18. The summed E-state index contributed by atoms with van der Waals surface area (Å²) in [4.78, 5) is 8.42. The van der Waals surface area contributed by atoms with Gasteiger partial charge in [0.15, 0.2) is 0 Å². The van der Waals surface area contributed by atoms with E-state index in [1.807, 2.05) is 12.1 Å². The highest BCUT2D eigenvalue weighted by molar-refractivity contribution is 6.36. The Balaban J connectivity index is 2.48. The summed E-state index contributed by atoms with van der Waals surface area (Å²) in [6.07, 6.45) is 0. The summed E-state index contributed by atoms with van der Waals surface area (Å²) in [6, 6.07) is 10.4. The molecule has 3 rings (SSSR count). The highest BCUT2D eigenvalue weighted by Gasteiger charge is 2.15. The summed E-state index contributed by atoms with van der Waals surface area (Å²) in [7, 11) is 0. The first-order valence-electron chi connectivity index (χ1n) is 6.67. The molecular weight excluding hydrogens is 303 g/mol. The first kappa shape index (κ1) is 14.3. The van der Waals surface area contributed by atoms with Crippen LogP contribution in [0.2, 0.25) is 10.4 Å². The highest BCUT2D eigenvalue weighted by Crippen LogP contribution is 2.37. The number of nitrogens with zero attached hydrogens (tertiary/aromatic N) is 2. The van der Waals surface area contributed by atoms with Crippen LogP contribution >= 0.6 is 23.2 Å². The lowest BCUT2D eigenvalue weighted by molar-refractivity contribution is 1.21. The molecule has 1 heterocycles. The Morgan fingerprint density at radius 3 is 2.43 bits per heavy atom. The van der Waals surface area contributed by atoms with Gasteiger partial charge >= 0.3 is 0 Å². The van der Waals surface area contributed by atoms with E-state index in [2.05, 4.69) is 48.9 Å². The Bertz CT molecular complexity index is 857. The third kappa shape index (κ3) is 2.50. The molecule has 2 aromatic carbocycles. The maximum atomic E-state index is 6.35. The fourth-order valence-electron chi connectivity index (χ4n) is 2.62. The molecule has 0 bridgehead atoms. The molecule has 0 saturated heterocycles. The van der Waals surface area contributed by atoms with E-state index in [0.29, 0.717) is 5.15 Å². The van der Waals surface area contributed by atoms with E-state index in [0.717, 1.165) is 27.6 Å². The van der Waals surface area contributed by atoms with Gasteiger partial charge in [0.1, 0.15) is 5.15 Å². The molecule has 106 valence electrons. The van der Waals surface area contributed by atoms with Crippen LogP contribution in [-0.2, 0) is 0 Å². The molecule has 0 aliphatic heterocycles. The van der Waals surface area contributed by atoms with Gasteiger partial charge in [-0.2, -0.15) is 0 Å². The van der Waals surface area contributed by atoms with Gasteiger partial charge in [-0.1, -0.05) is 41.4 Å². The molecule has 0 fully saturated rings. The second-order valence-corrected chi connectivity index (χ2v) is 5.94. The largest absolute Gasteiger partial charge is 0.224 e. The van der Waals surface area contributed by atoms with E-state index >= 15 is 0 Å². The quantitative estimate of drug-likeness (QED) is 0.436. The fraction of sp³-hybridized carbons (Fsp3) is 0.176. The first-order valence-corrected chi connectivity index (χ1v) is 7.43. The van der Waals surface area contributed by atoms with Gasteiger partial charge in [-0.05, 0) is 60.7 Å². The Kier molecular flexibility index (Phi) is 3.60. The Morgan fingerprint density at radius 1 is 0.952 bits per heavy atom. The molecule has 21 heavy (non-hydrogen) atoms. The van der Waals surface area contributed by atoms with Crippen molar-refractivity contribution in [3.63, 3.8) is 0 Å². The Hall–Kier alpha value is -1.64. The van der Waals surface area contributed by atoms with Crippen molar-refractivity contribution in [2.24, 2.45) is 0 Å². The normalized spacial score (nSPS) is 11.1. The van der Waals surface area contributed by atoms with Gasteiger partial charge in [-0.15, -0.1) is 0 Å². The number of hydrogen-bond acceptors (Lipinski definition) is 2. The maximum absolute atomic E-state index is 6.35. The van der Waals surface area contributed by atoms with E-state index in [1.54, 1.807) is 0 Å². The lowest BCUT2D eigenvalue weighted by Gasteiger charge is -2.14. The van der Waals surface area contributed by atoms with Crippen LogP contribution in [0.1, 0.15) is 16.7 Å². The molecule has 0 saturated carbocycles. The Morgan fingerprint density at radius 2 is 1.71 bits per heavy atom. The summed E-state index contributed by atoms with van der Waals surface area (Å²) < 4.78 is 0. The van der Waals surface area contributed by atoms with E-state index in [1.165, 1.54) is 11.1 Å². The molecule has 0 aliphatic rings. The lowest BCUT2D eigenvalue weighted by atomic mass is 9.92. The average molecular weight is 317 g/mol. The van der Waals surface area contributed by atoms with Crippen molar-refractivity contribution in [2.75, 3.05) is 0 Å². The zero-order valence-corrected chi connectivity index (χ0v) is 13.5. The zero-order valence-electron chi connectivity index (χ0n) is 12.0. The van der Waals surface area contributed by atoms with Crippen LogP contribution < -0.4 is 0 Å². The molecule has 1 aromatic heterocycles. The lowest BCUT2D eigenvalue weighted by Crippen LogP contribution is -1.95. The van der Waals surface area contributed by atoms with E-state index in [4.69, 9.17) is 23.2 Å². The van der Waals surface area contributed by atoms with Gasteiger partial charge in [-0.25, -0.2) is 9.97 Å². The van der Waals surface area contributed by atoms with Crippen molar-refractivity contribution in [3.05, 3.63) is 57.5 Å². The topological polar surface area (TPSA) is 25.8 Å². The standard InChI is InChI=1S/C17H14Cl2N2/c1-9-5-4-6-12(7-9)14-11(3)10(2)8-13-15(14)16(18)21-17(19)20-13/h4-8H,1-3H3. The number of aromatic nitrogens is 2. The molecule has 0 radical (unpaired) electrons. The Labute approximate surface area is 133 Å². The molecule has 0 spiro atoms. The van der Waals surface area contributed by atoms with Crippen LogP contribution in [0.4, 0.5) is 0 Å².